The third kappa shape index (κ3) is 6.58. The number of ether oxygens (including phenoxy) is 1. The van der Waals surface area contributed by atoms with Gasteiger partial charge in [-0.25, -0.2) is 0 Å². The van der Waals surface area contributed by atoms with Crippen LogP contribution in [-0.2, 0) is 11.2 Å². The van der Waals surface area contributed by atoms with Gasteiger partial charge in [0, 0.05) is 18.6 Å². The van der Waals surface area contributed by atoms with Crippen molar-refractivity contribution in [3.8, 4) is 5.75 Å². The quantitative estimate of drug-likeness (QED) is 0.491. The number of aliphatic imine (C=N–C) groups is 1. The molecule has 6 heteroatoms. The minimum absolute atomic E-state index is 0.0492. The van der Waals surface area contributed by atoms with Crippen molar-refractivity contribution >= 4 is 11.9 Å². The molecule has 0 heterocycles. The number of hydrogen-bond donors (Lipinski definition) is 3. The Morgan fingerprint density at radius 1 is 1.04 bits per heavy atom. The molecular formula is C20H30N4O2. The summed E-state index contributed by atoms with van der Waals surface area (Å²) in [4.78, 5) is 16.0. The second kappa shape index (κ2) is 9.46. The summed E-state index contributed by atoms with van der Waals surface area (Å²) in [6.45, 7) is 0.735. The van der Waals surface area contributed by atoms with Crippen LogP contribution in [0.4, 0.5) is 0 Å². The van der Waals surface area contributed by atoms with Crippen molar-refractivity contribution in [1.82, 2.24) is 10.6 Å². The van der Waals surface area contributed by atoms with Gasteiger partial charge in [-0.15, -0.1) is 0 Å². The Kier molecular flexibility index (Phi) is 6.75. The summed E-state index contributed by atoms with van der Waals surface area (Å²) >= 11 is 0. The molecule has 0 radical (unpaired) electrons. The van der Waals surface area contributed by atoms with Gasteiger partial charge in [0.25, 0.3) is 5.91 Å². The Morgan fingerprint density at radius 3 is 2.42 bits per heavy atom. The average Bonchev–Trinajstić information content (AvgIpc) is 3.46. The highest BCUT2D eigenvalue weighted by Crippen LogP contribution is 2.19. The molecule has 1 amide bonds. The van der Waals surface area contributed by atoms with Gasteiger partial charge in [0.1, 0.15) is 5.75 Å². The maximum Gasteiger partial charge on any atom is 0.258 e. The largest absolute Gasteiger partial charge is 0.484 e. The van der Waals surface area contributed by atoms with Crippen LogP contribution in [0.1, 0.15) is 50.5 Å². The van der Waals surface area contributed by atoms with Crippen LogP contribution >= 0.6 is 0 Å². The van der Waals surface area contributed by atoms with E-state index in [-0.39, 0.29) is 12.5 Å². The van der Waals surface area contributed by atoms with Gasteiger partial charge in [-0.05, 0) is 49.8 Å². The standard InChI is InChI=1S/C20H30N4O2/c21-20(24-16-4-2-1-3-5-16)22-13-12-15-6-10-18(11-7-15)26-14-19(25)23-17-8-9-17/h6-7,10-11,16-17H,1-5,8-9,12-14H2,(H,23,25)(H3,21,22,24). The fourth-order valence-corrected chi connectivity index (χ4v) is 3.21. The molecule has 0 saturated heterocycles. The van der Waals surface area contributed by atoms with Crippen LogP contribution in [0.25, 0.3) is 0 Å². The van der Waals surface area contributed by atoms with Gasteiger partial charge >= 0.3 is 0 Å². The van der Waals surface area contributed by atoms with E-state index in [1.54, 1.807) is 0 Å². The number of nitrogens with two attached hydrogens (primary N) is 1. The zero-order valence-corrected chi connectivity index (χ0v) is 15.4. The first-order chi connectivity index (χ1) is 12.7. The molecule has 142 valence electrons. The van der Waals surface area contributed by atoms with E-state index in [9.17, 15) is 4.79 Å². The second-order valence-electron chi connectivity index (χ2n) is 7.27. The fraction of sp³-hybridized carbons (Fsp3) is 0.600. The number of amides is 1. The topological polar surface area (TPSA) is 88.7 Å². The van der Waals surface area contributed by atoms with Gasteiger partial charge in [-0.1, -0.05) is 31.4 Å². The molecule has 3 rings (SSSR count). The second-order valence-corrected chi connectivity index (χ2v) is 7.27. The molecule has 0 spiro atoms. The highest BCUT2D eigenvalue weighted by atomic mass is 16.5. The minimum atomic E-state index is -0.0492. The molecule has 0 aliphatic heterocycles. The van der Waals surface area contributed by atoms with E-state index < -0.39 is 0 Å². The van der Waals surface area contributed by atoms with Gasteiger partial charge in [0.2, 0.25) is 0 Å². The van der Waals surface area contributed by atoms with Crippen molar-refractivity contribution < 1.29 is 9.53 Å². The van der Waals surface area contributed by atoms with E-state index >= 15 is 0 Å². The van der Waals surface area contributed by atoms with Crippen LogP contribution in [0.3, 0.4) is 0 Å². The molecule has 2 saturated carbocycles. The number of carbonyl (C=O) groups excluding carboxylic acids is 1. The molecule has 4 N–H and O–H groups in total. The summed E-state index contributed by atoms with van der Waals surface area (Å²) in [6, 6.07) is 8.67. The van der Waals surface area contributed by atoms with Gasteiger partial charge in [0.05, 0.1) is 0 Å². The molecule has 1 aromatic carbocycles. The predicted molar refractivity (Wildman–Crippen MR) is 103 cm³/mol. The molecule has 2 fully saturated rings. The highest BCUT2D eigenvalue weighted by Gasteiger charge is 2.23. The number of benzene rings is 1. The lowest BCUT2D eigenvalue weighted by molar-refractivity contribution is -0.123. The lowest BCUT2D eigenvalue weighted by Crippen LogP contribution is -2.41. The summed E-state index contributed by atoms with van der Waals surface area (Å²) in [5.74, 6) is 1.21. The van der Waals surface area contributed by atoms with Gasteiger partial charge in [-0.2, -0.15) is 0 Å². The summed E-state index contributed by atoms with van der Waals surface area (Å²) in [7, 11) is 0. The minimum Gasteiger partial charge on any atom is -0.484 e. The lowest BCUT2D eigenvalue weighted by Gasteiger charge is -2.23. The van der Waals surface area contributed by atoms with E-state index in [1.165, 1.54) is 37.7 Å². The molecular weight excluding hydrogens is 328 g/mol. The summed E-state index contributed by atoms with van der Waals surface area (Å²) in [5, 5.41) is 6.24. The number of guanidine groups is 1. The van der Waals surface area contributed by atoms with Crippen molar-refractivity contribution in [2.24, 2.45) is 10.7 Å². The van der Waals surface area contributed by atoms with Gasteiger partial charge in [-0.3, -0.25) is 9.79 Å². The first-order valence-electron chi connectivity index (χ1n) is 9.76. The van der Waals surface area contributed by atoms with Crippen molar-refractivity contribution in [2.75, 3.05) is 13.2 Å². The molecule has 0 aromatic heterocycles. The van der Waals surface area contributed by atoms with E-state index in [2.05, 4.69) is 15.6 Å². The fourth-order valence-electron chi connectivity index (χ4n) is 3.21. The summed E-state index contributed by atoms with van der Waals surface area (Å²) in [6.07, 6.45) is 9.28. The molecule has 26 heavy (non-hydrogen) atoms. The predicted octanol–water partition coefficient (Wildman–Crippen LogP) is 2.12. The number of nitrogens with one attached hydrogen (secondary N) is 2. The number of nitrogens with zero attached hydrogens (tertiary/aromatic N) is 1. The number of rotatable bonds is 8. The maximum absolute atomic E-state index is 11.6. The Balaban J connectivity index is 1.35. The van der Waals surface area contributed by atoms with E-state index in [0.717, 1.165) is 19.3 Å². The maximum atomic E-state index is 11.6. The van der Waals surface area contributed by atoms with Gasteiger partial charge < -0.3 is 21.1 Å². The average molecular weight is 358 g/mol. The van der Waals surface area contributed by atoms with Crippen molar-refractivity contribution in [3.63, 3.8) is 0 Å². The molecule has 0 atom stereocenters. The summed E-state index contributed by atoms with van der Waals surface area (Å²) in [5.41, 5.74) is 7.16. The molecule has 2 aliphatic carbocycles. The van der Waals surface area contributed by atoms with Crippen molar-refractivity contribution in [1.29, 1.82) is 0 Å². The van der Waals surface area contributed by atoms with Crippen LogP contribution in [0.5, 0.6) is 5.75 Å². The Hall–Kier alpha value is -2.24. The Morgan fingerprint density at radius 2 is 1.73 bits per heavy atom. The Bertz CT molecular complexity index is 605. The van der Waals surface area contributed by atoms with Crippen LogP contribution in [-0.4, -0.2) is 37.1 Å². The van der Waals surface area contributed by atoms with Crippen molar-refractivity contribution in [3.05, 3.63) is 29.8 Å². The molecule has 6 nitrogen and oxygen atoms in total. The SMILES string of the molecule is NC(=NCCc1ccc(OCC(=O)NC2CC2)cc1)NC1CCCCC1. The smallest absolute Gasteiger partial charge is 0.258 e. The summed E-state index contributed by atoms with van der Waals surface area (Å²) < 4.78 is 5.51. The highest BCUT2D eigenvalue weighted by molar-refractivity contribution is 5.78. The normalized spacial score (nSPS) is 18.4. The van der Waals surface area contributed by atoms with Crippen LogP contribution in [0.2, 0.25) is 0 Å². The molecule has 2 aliphatic rings. The third-order valence-corrected chi connectivity index (χ3v) is 4.88. The number of hydrogen-bond acceptors (Lipinski definition) is 3. The van der Waals surface area contributed by atoms with Gasteiger partial charge in [0.15, 0.2) is 12.6 Å². The van der Waals surface area contributed by atoms with Crippen molar-refractivity contribution in [2.45, 2.75) is 63.5 Å². The molecule has 0 unspecified atom stereocenters. The Labute approximate surface area is 155 Å². The molecule has 1 aromatic rings. The van der Waals surface area contributed by atoms with Crippen LogP contribution in [0, 0.1) is 0 Å². The lowest BCUT2D eigenvalue weighted by atomic mass is 9.96. The van der Waals surface area contributed by atoms with E-state index in [0.29, 0.717) is 30.3 Å². The van der Waals surface area contributed by atoms with Crippen LogP contribution in [0.15, 0.2) is 29.3 Å². The van der Waals surface area contributed by atoms with Crippen LogP contribution < -0.4 is 21.1 Å². The monoisotopic (exact) mass is 358 g/mol. The first-order valence-corrected chi connectivity index (χ1v) is 9.76. The van der Waals surface area contributed by atoms with E-state index in [1.807, 2.05) is 24.3 Å². The van der Waals surface area contributed by atoms with E-state index in [4.69, 9.17) is 10.5 Å². The third-order valence-electron chi connectivity index (χ3n) is 4.88. The molecule has 0 bridgehead atoms. The first kappa shape index (κ1) is 18.5. The number of carbonyl (C=O) groups is 1. The zero-order chi connectivity index (χ0) is 18.2. The zero-order valence-electron chi connectivity index (χ0n) is 15.4.